The minimum atomic E-state index is 0.00231. The Morgan fingerprint density at radius 2 is 2.36 bits per heavy atom. The average molecular weight is 216 g/mol. The van der Waals surface area contributed by atoms with E-state index in [1.807, 2.05) is 11.8 Å². The summed E-state index contributed by atoms with van der Waals surface area (Å²) in [5.41, 5.74) is 0. The first-order valence-electron chi connectivity index (χ1n) is 5.04. The molecule has 0 fully saturated rings. The molecule has 0 heterocycles. The molecule has 0 spiro atoms. The average Bonchev–Trinajstić information content (AvgIpc) is 2.22. The summed E-state index contributed by atoms with van der Waals surface area (Å²) in [4.78, 5) is 0. The number of hydrogen-bond donors (Lipinski definition) is 1. The van der Waals surface area contributed by atoms with Crippen molar-refractivity contribution in [1.82, 2.24) is 5.32 Å². The first-order valence-corrected chi connectivity index (χ1v) is 6.20. The van der Waals surface area contributed by atoms with Crippen LogP contribution < -0.4 is 5.32 Å². The summed E-state index contributed by atoms with van der Waals surface area (Å²) < 4.78 is 4.95. The van der Waals surface area contributed by atoms with Gasteiger partial charge >= 0.3 is 0 Å². The summed E-state index contributed by atoms with van der Waals surface area (Å²) in [7, 11) is 1.71. The summed E-state index contributed by atoms with van der Waals surface area (Å²) in [6.07, 6.45) is 2.14. The molecule has 0 bridgehead atoms. The smallest absolute Gasteiger partial charge is 0.104 e. The van der Waals surface area contributed by atoms with E-state index in [1.165, 1.54) is 0 Å². The van der Waals surface area contributed by atoms with Crippen LogP contribution >= 0.6 is 11.8 Å². The Hall–Kier alpha value is -0.240. The van der Waals surface area contributed by atoms with E-state index < -0.39 is 0 Å². The summed E-state index contributed by atoms with van der Waals surface area (Å²) in [6.45, 7) is 3.84. The topological polar surface area (TPSA) is 45.0 Å². The molecule has 1 N–H and O–H groups in total. The fourth-order valence-corrected chi connectivity index (χ4v) is 1.88. The number of nitrogens with zero attached hydrogens (tertiary/aromatic N) is 1. The number of nitrogens with one attached hydrogen (secondary N) is 1. The van der Waals surface area contributed by atoms with Crippen molar-refractivity contribution in [2.45, 2.75) is 25.8 Å². The first kappa shape index (κ1) is 13.8. The van der Waals surface area contributed by atoms with Gasteiger partial charge in [-0.25, -0.2) is 0 Å². The summed E-state index contributed by atoms with van der Waals surface area (Å²) in [5, 5.41) is 12.0. The van der Waals surface area contributed by atoms with Crippen LogP contribution in [0.2, 0.25) is 0 Å². The summed E-state index contributed by atoms with van der Waals surface area (Å²) in [5.74, 6) is 1.94. The number of methoxy groups -OCH3 is 1. The lowest BCUT2D eigenvalue weighted by molar-refractivity contribution is 0.200. The monoisotopic (exact) mass is 216 g/mol. The maximum absolute atomic E-state index is 8.80. The number of nitriles is 1. The normalized spacial score (nSPS) is 12.4. The Morgan fingerprint density at radius 3 is 2.93 bits per heavy atom. The van der Waals surface area contributed by atoms with E-state index in [4.69, 9.17) is 10.00 Å². The highest BCUT2D eigenvalue weighted by Gasteiger charge is 2.04. The van der Waals surface area contributed by atoms with Gasteiger partial charge in [0, 0.05) is 19.5 Å². The maximum atomic E-state index is 8.80. The van der Waals surface area contributed by atoms with Gasteiger partial charge in [0.2, 0.25) is 0 Å². The molecule has 0 aliphatic carbocycles. The van der Waals surface area contributed by atoms with Gasteiger partial charge in [0.1, 0.15) is 6.04 Å². The van der Waals surface area contributed by atoms with E-state index in [1.54, 1.807) is 7.11 Å². The van der Waals surface area contributed by atoms with E-state index in [0.29, 0.717) is 0 Å². The van der Waals surface area contributed by atoms with Crippen molar-refractivity contribution < 1.29 is 4.74 Å². The molecule has 0 aromatic rings. The van der Waals surface area contributed by atoms with E-state index in [9.17, 15) is 0 Å². The quantitative estimate of drug-likeness (QED) is 0.595. The molecule has 0 aromatic carbocycles. The van der Waals surface area contributed by atoms with Crippen molar-refractivity contribution in [3.8, 4) is 6.07 Å². The molecule has 1 unspecified atom stereocenters. The predicted molar refractivity (Wildman–Crippen MR) is 61.5 cm³/mol. The zero-order valence-electron chi connectivity index (χ0n) is 9.08. The second-order valence-electron chi connectivity index (χ2n) is 3.06. The Morgan fingerprint density at radius 1 is 1.57 bits per heavy atom. The van der Waals surface area contributed by atoms with Gasteiger partial charge < -0.3 is 10.1 Å². The number of thioether (sulfide) groups is 1. The molecular weight excluding hydrogens is 196 g/mol. The molecule has 0 aliphatic heterocycles. The molecule has 0 saturated carbocycles. The minimum Gasteiger partial charge on any atom is -0.385 e. The fourth-order valence-electron chi connectivity index (χ4n) is 0.967. The Labute approximate surface area is 91.2 Å². The van der Waals surface area contributed by atoms with Gasteiger partial charge in [-0.05, 0) is 25.1 Å². The summed E-state index contributed by atoms with van der Waals surface area (Å²) in [6, 6.07) is 2.27. The SMILES string of the molecule is CCCNC(C#N)CSCCCOC. The zero-order valence-corrected chi connectivity index (χ0v) is 9.90. The molecule has 14 heavy (non-hydrogen) atoms. The van der Waals surface area contributed by atoms with Crippen molar-refractivity contribution in [2.24, 2.45) is 0 Å². The van der Waals surface area contributed by atoms with E-state index in [2.05, 4.69) is 18.3 Å². The first-order chi connectivity index (χ1) is 6.85. The van der Waals surface area contributed by atoms with Crippen LogP contribution in [-0.4, -0.2) is 37.8 Å². The molecular formula is C10H20N2OS. The Kier molecular flexibility index (Phi) is 10.7. The van der Waals surface area contributed by atoms with Gasteiger partial charge in [-0.15, -0.1) is 0 Å². The molecule has 0 radical (unpaired) electrons. The third-order valence-electron chi connectivity index (χ3n) is 1.72. The van der Waals surface area contributed by atoms with Crippen LogP contribution in [0.5, 0.6) is 0 Å². The molecule has 1 atom stereocenters. The standard InChI is InChI=1S/C10H20N2OS/c1-3-5-12-10(8-11)9-14-7-4-6-13-2/h10,12H,3-7,9H2,1-2H3. The number of ether oxygens (including phenoxy) is 1. The van der Waals surface area contributed by atoms with Crippen molar-refractivity contribution in [2.75, 3.05) is 31.8 Å². The van der Waals surface area contributed by atoms with Crippen LogP contribution in [0.15, 0.2) is 0 Å². The number of rotatable bonds is 9. The van der Waals surface area contributed by atoms with Gasteiger partial charge in [-0.3, -0.25) is 0 Å². The van der Waals surface area contributed by atoms with Crippen molar-refractivity contribution >= 4 is 11.8 Å². The van der Waals surface area contributed by atoms with Crippen molar-refractivity contribution in [3.05, 3.63) is 0 Å². The van der Waals surface area contributed by atoms with Crippen LogP contribution in [0.3, 0.4) is 0 Å². The van der Waals surface area contributed by atoms with Crippen LogP contribution in [0.25, 0.3) is 0 Å². The van der Waals surface area contributed by atoms with E-state index >= 15 is 0 Å². The van der Waals surface area contributed by atoms with Crippen molar-refractivity contribution in [1.29, 1.82) is 5.26 Å². The van der Waals surface area contributed by atoms with Gasteiger partial charge in [0.15, 0.2) is 0 Å². The second-order valence-corrected chi connectivity index (χ2v) is 4.21. The molecule has 0 amide bonds. The lowest BCUT2D eigenvalue weighted by Gasteiger charge is -2.09. The molecule has 0 rings (SSSR count). The van der Waals surface area contributed by atoms with Crippen molar-refractivity contribution in [3.63, 3.8) is 0 Å². The van der Waals surface area contributed by atoms with E-state index in [0.717, 1.165) is 37.5 Å². The lowest BCUT2D eigenvalue weighted by atomic mass is 10.3. The van der Waals surface area contributed by atoms with Gasteiger partial charge in [-0.2, -0.15) is 17.0 Å². The lowest BCUT2D eigenvalue weighted by Crippen LogP contribution is -2.30. The van der Waals surface area contributed by atoms with Gasteiger partial charge in [0.25, 0.3) is 0 Å². The fraction of sp³-hybridized carbons (Fsp3) is 0.900. The highest BCUT2D eigenvalue weighted by Crippen LogP contribution is 2.04. The third-order valence-corrected chi connectivity index (χ3v) is 2.86. The highest BCUT2D eigenvalue weighted by molar-refractivity contribution is 7.99. The largest absolute Gasteiger partial charge is 0.385 e. The van der Waals surface area contributed by atoms with Crippen LogP contribution in [-0.2, 0) is 4.74 Å². The van der Waals surface area contributed by atoms with Crippen LogP contribution in [0.4, 0.5) is 0 Å². The minimum absolute atomic E-state index is 0.00231. The van der Waals surface area contributed by atoms with Gasteiger partial charge in [-0.1, -0.05) is 6.92 Å². The van der Waals surface area contributed by atoms with E-state index in [-0.39, 0.29) is 6.04 Å². The molecule has 0 aromatic heterocycles. The molecule has 0 saturated heterocycles. The van der Waals surface area contributed by atoms with Crippen LogP contribution in [0, 0.1) is 11.3 Å². The maximum Gasteiger partial charge on any atom is 0.104 e. The molecule has 82 valence electrons. The van der Waals surface area contributed by atoms with Gasteiger partial charge in [0.05, 0.1) is 6.07 Å². The highest BCUT2D eigenvalue weighted by atomic mass is 32.2. The predicted octanol–water partition coefficient (Wildman–Crippen LogP) is 1.65. The Balaban J connectivity index is 3.30. The molecule has 4 heteroatoms. The Bertz CT molecular complexity index is 159. The van der Waals surface area contributed by atoms with Crippen LogP contribution in [0.1, 0.15) is 19.8 Å². The molecule has 0 aliphatic rings. The second kappa shape index (κ2) is 10.8. The third kappa shape index (κ3) is 8.36. The summed E-state index contributed by atoms with van der Waals surface area (Å²) >= 11 is 1.81. The molecule has 3 nitrogen and oxygen atoms in total. The zero-order chi connectivity index (χ0) is 10.6. The number of hydrogen-bond acceptors (Lipinski definition) is 4.